The average molecular weight is 196 g/mol. The first-order valence-electron chi connectivity index (χ1n) is 3.77. The lowest BCUT2D eigenvalue weighted by Crippen LogP contribution is -1.83. The van der Waals surface area contributed by atoms with E-state index in [1.165, 1.54) is 17.7 Å². The van der Waals surface area contributed by atoms with Crippen LogP contribution in [0.15, 0.2) is 12.5 Å². The lowest BCUT2D eigenvalue weighted by atomic mass is 10.4. The third kappa shape index (κ3) is 1.58. The largest absolute Gasteiger partial charge is 0.388 e. The van der Waals surface area contributed by atoms with Crippen LogP contribution in [0.2, 0.25) is 0 Å². The van der Waals surface area contributed by atoms with Gasteiger partial charge in [0.05, 0.1) is 11.0 Å². The van der Waals surface area contributed by atoms with E-state index >= 15 is 0 Å². The highest BCUT2D eigenvalue weighted by molar-refractivity contribution is 7.15. The van der Waals surface area contributed by atoms with Gasteiger partial charge in [0, 0.05) is 6.20 Å². The quantitative estimate of drug-likeness (QED) is 0.750. The topological polar surface area (TPSA) is 74.7 Å². The van der Waals surface area contributed by atoms with Gasteiger partial charge in [0.1, 0.15) is 6.33 Å². The second-order valence-electron chi connectivity index (χ2n) is 2.58. The Morgan fingerprint density at radius 1 is 1.54 bits per heavy atom. The summed E-state index contributed by atoms with van der Waals surface area (Å²) in [5.41, 5.74) is 0. The predicted octanol–water partition coefficient (Wildman–Crippen LogP) is 0.981. The van der Waals surface area contributed by atoms with E-state index in [1.807, 2.05) is 0 Å². The van der Waals surface area contributed by atoms with Crippen molar-refractivity contribution in [2.45, 2.75) is 13.0 Å². The maximum absolute atomic E-state index is 9.26. The number of nitrogens with zero attached hydrogens (tertiary/aromatic N) is 3. The molecule has 0 aliphatic rings. The third-order valence-corrected chi connectivity index (χ3v) is 2.73. The fourth-order valence-electron chi connectivity index (χ4n) is 0.898. The second-order valence-corrected chi connectivity index (χ2v) is 3.64. The number of aliphatic hydroxyl groups is 1. The summed E-state index contributed by atoms with van der Waals surface area (Å²) < 4.78 is 0. The number of H-pyrrole nitrogens is 1. The number of rotatable bonds is 2. The first kappa shape index (κ1) is 8.33. The molecule has 0 amide bonds. The van der Waals surface area contributed by atoms with E-state index in [4.69, 9.17) is 0 Å². The van der Waals surface area contributed by atoms with Crippen LogP contribution in [0, 0.1) is 0 Å². The molecule has 2 aromatic rings. The van der Waals surface area contributed by atoms with Gasteiger partial charge in [-0.25, -0.2) is 9.97 Å². The number of hydrogen-bond donors (Lipinski definition) is 2. The van der Waals surface area contributed by atoms with Crippen LogP contribution < -0.4 is 0 Å². The van der Waals surface area contributed by atoms with Crippen LogP contribution in [0.25, 0.3) is 10.8 Å². The van der Waals surface area contributed by atoms with Crippen molar-refractivity contribution in [2.24, 2.45) is 0 Å². The van der Waals surface area contributed by atoms with E-state index in [9.17, 15) is 5.11 Å². The molecule has 2 aromatic heterocycles. The number of aromatic nitrogens is 4. The third-order valence-electron chi connectivity index (χ3n) is 1.55. The molecule has 2 rings (SSSR count). The Hall–Kier alpha value is -1.27. The maximum Gasteiger partial charge on any atom is 0.184 e. The van der Waals surface area contributed by atoms with E-state index in [1.54, 1.807) is 13.1 Å². The van der Waals surface area contributed by atoms with E-state index in [0.29, 0.717) is 5.82 Å². The summed E-state index contributed by atoms with van der Waals surface area (Å²) in [6.07, 6.45) is 2.60. The van der Waals surface area contributed by atoms with E-state index in [0.717, 1.165) is 9.88 Å². The minimum atomic E-state index is -0.478. The van der Waals surface area contributed by atoms with Crippen molar-refractivity contribution in [3.63, 3.8) is 0 Å². The van der Waals surface area contributed by atoms with Crippen LogP contribution >= 0.6 is 11.3 Å². The van der Waals surface area contributed by atoms with Crippen molar-refractivity contribution in [1.29, 1.82) is 0 Å². The predicted molar refractivity (Wildman–Crippen MR) is 48.1 cm³/mol. The molecule has 2 N–H and O–H groups in total. The van der Waals surface area contributed by atoms with Crippen LogP contribution in [0.3, 0.4) is 0 Å². The minimum absolute atomic E-state index is 0.478. The molecule has 0 fully saturated rings. The van der Waals surface area contributed by atoms with Crippen molar-refractivity contribution in [2.75, 3.05) is 0 Å². The SMILES string of the molecule is CC(O)c1cnc(-c2ncn[nH]2)s1. The maximum atomic E-state index is 9.26. The fraction of sp³-hybridized carbons (Fsp3) is 0.286. The summed E-state index contributed by atoms with van der Waals surface area (Å²) in [5.74, 6) is 0.636. The van der Waals surface area contributed by atoms with Crippen LogP contribution in [-0.4, -0.2) is 25.3 Å². The van der Waals surface area contributed by atoms with Gasteiger partial charge in [-0.15, -0.1) is 11.3 Å². The lowest BCUT2D eigenvalue weighted by Gasteiger charge is -1.94. The minimum Gasteiger partial charge on any atom is -0.388 e. The molecule has 0 aliphatic carbocycles. The Morgan fingerprint density at radius 3 is 2.92 bits per heavy atom. The Labute approximate surface area is 78.5 Å². The normalized spacial score (nSPS) is 13.1. The highest BCUT2D eigenvalue weighted by atomic mass is 32.1. The summed E-state index contributed by atoms with van der Waals surface area (Å²) in [6, 6.07) is 0. The summed E-state index contributed by atoms with van der Waals surface area (Å²) in [7, 11) is 0. The van der Waals surface area contributed by atoms with E-state index in [-0.39, 0.29) is 0 Å². The van der Waals surface area contributed by atoms with Crippen LogP contribution in [0.4, 0.5) is 0 Å². The zero-order chi connectivity index (χ0) is 9.26. The van der Waals surface area contributed by atoms with Crippen molar-refractivity contribution >= 4 is 11.3 Å². The number of nitrogens with one attached hydrogen (secondary N) is 1. The molecule has 0 saturated heterocycles. The second kappa shape index (κ2) is 3.23. The molecular weight excluding hydrogens is 188 g/mol. The summed E-state index contributed by atoms with van der Waals surface area (Å²) in [5, 5.41) is 16.4. The summed E-state index contributed by atoms with van der Waals surface area (Å²) >= 11 is 1.40. The summed E-state index contributed by atoms with van der Waals surface area (Å²) in [6.45, 7) is 1.71. The van der Waals surface area contributed by atoms with Gasteiger partial charge in [0.25, 0.3) is 0 Å². The van der Waals surface area contributed by atoms with E-state index in [2.05, 4.69) is 20.2 Å². The Balaban J connectivity index is 2.33. The Morgan fingerprint density at radius 2 is 2.38 bits per heavy atom. The molecule has 1 unspecified atom stereocenters. The highest BCUT2D eigenvalue weighted by Gasteiger charge is 2.09. The van der Waals surface area contributed by atoms with Gasteiger partial charge in [-0.2, -0.15) is 5.10 Å². The lowest BCUT2D eigenvalue weighted by molar-refractivity contribution is 0.203. The smallest absolute Gasteiger partial charge is 0.184 e. The molecule has 5 nitrogen and oxygen atoms in total. The Bertz CT molecular complexity index is 381. The summed E-state index contributed by atoms with van der Waals surface area (Å²) in [4.78, 5) is 8.89. The van der Waals surface area contributed by atoms with Gasteiger partial charge >= 0.3 is 0 Å². The van der Waals surface area contributed by atoms with Gasteiger partial charge in [0.2, 0.25) is 0 Å². The van der Waals surface area contributed by atoms with Crippen LogP contribution in [0.1, 0.15) is 17.9 Å². The van der Waals surface area contributed by atoms with Gasteiger partial charge in [-0.05, 0) is 6.92 Å². The molecule has 2 heterocycles. The molecule has 6 heteroatoms. The Kier molecular flexibility index (Phi) is 2.07. The van der Waals surface area contributed by atoms with Crippen molar-refractivity contribution in [3.05, 3.63) is 17.4 Å². The van der Waals surface area contributed by atoms with Gasteiger partial charge in [-0.3, -0.25) is 5.10 Å². The molecule has 1 atom stereocenters. The molecule has 0 aromatic carbocycles. The number of aromatic amines is 1. The highest BCUT2D eigenvalue weighted by Crippen LogP contribution is 2.25. The van der Waals surface area contributed by atoms with Crippen LogP contribution in [-0.2, 0) is 0 Å². The van der Waals surface area contributed by atoms with Gasteiger partial charge in [-0.1, -0.05) is 0 Å². The van der Waals surface area contributed by atoms with Crippen LogP contribution in [0.5, 0.6) is 0 Å². The zero-order valence-electron chi connectivity index (χ0n) is 6.93. The van der Waals surface area contributed by atoms with Crippen molar-refractivity contribution < 1.29 is 5.11 Å². The van der Waals surface area contributed by atoms with Gasteiger partial charge in [0.15, 0.2) is 10.8 Å². The molecule has 0 bridgehead atoms. The molecule has 0 saturated carbocycles. The van der Waals surface area contributed by atoms with Crippen molar-refractivity contribution in [3.8, 4) is 10.8 Å². The molecule has 0 spiro atoms. The van der Waals surface area contributed by atoms with Gasteiger partial charge < -0.3 is 5.11 Å². The molecule has 0 aliphatic heterocycles. The van der Waals surface area contributed by atoms with E-state index < -0.39 is 6.10 Å². The first-order chi connectivity index (χ1) is 6.27. The fourth-order valence-corrected chi connectivity index (χ4v) is 1.70. The molecule has 13 heavy (non-hydrogen) atoms. The zero-order valence-corrected chi connectivity index (χ0v) is 7.75. The number of aliphatic hydroxyl groups excluding tert-OH is 1. The average Bonchev–Trinajstić information content (AvgIpc) is 2.75. The monoisotopic (exact) mass is 196 g/mol. The van der Waals surface area contributed by atoms with Crippen molar-refractivity contribution in [1.82, 2.24) is 20.2 Å². The standard InChI is InChI=1S/C7H8N4OS/c1-4(12)5-2-8-7(13-5)6-9-3-10-11-6/h2-4,12H,1H3,(H,9,10,11). The molecular formula is C7H8N4OS. The first-order valence-corrected chi connectivity index (χ1v) is 4.58. The number of thiazole rings is 1. The molecule has 0 radical (unpaired) electrons. The molecule has 68 valence electrons. The number of hydrogen-bond acceptors (Lipinski definition) is 5.